The second-order valence-corrected chi connectivity index (χ2v) is 5.69. The largest absolute Gasteiger partial charge is 0.314 e. The van der Waals surface area contributed by atoms with Crippen LogP contribution in [-0.4, -0.2) is 12.6 Å². The van der Waals surface area contributed by atoms with Crippen LogP contribution in [0.2, 0.25) is 0 Å². The molecule has 2 heteroatoms. The van der Waals surface area contributed by atoms with Gasteiger partial charge < -0.3 is 5.32 Å². The Morgan fingerprint density at radius 1 is 0.895 bits per heavy atom. The van der Waals surface area contributed by atoms with Crippen LogP contribution in [0.3, 0.4) is 0 Å². The fourth-order valence-corrected chi connectivity index (χ4v) is 2.57. The standard InChI is InChI=1S/C17H20BrN/c1-2-19-17(12-14-6-4-3-5-7-14)13-15-8-10-16(18)11-9-15/h3-11,17,19H,2,12-13H2,1H3. The lowest BCUT2D eigenvalue weighted by Gasteiger charge is -2.18. The van der Waals surface area contributed by atoms with E-state index in [0.717, 1.165) is 23.9 Å². The van der Waals surface area contributed by atoms with Crippen molar-refractivity contribution in [3.8, 4) is 0 Å². The van der Waals surface area contributed by atoms with Crippen molar-refractivity contribution in [2.75, 3.05) is 6.54 Å². The average Bonchev–Trinajstić information content (AvgIpc) is 2.43. The summed E-state index contributed by atoms with van der Waals surface area (Å²) >= 11 is 3.48. The zero-order valence-electron chi connectivity index (χ0n) is 11.3. The van der Waals surface area contributed by atoms with Gasteiger partial charge in [-0.25, -0.2) is 0 Å². The molecule has 1 atom stereocenters. The summed E-state index contributed by atoms with van der Waals surface area (Å²) in [6.45, 7) is 3.17. The van der Waals surface area contributed by atoms with E-state index in [1.165, 1.54) is 11.1 Å². The number of halogens is 1. The average molecular weight is 318 g/mol. The predicted molar refractivity (Wildman–Crippen MR) is 85.5 cm³/mol. The molecule has 0 bridgehead atoms. The highest BCUT2D eigenvalue weighted by Gasteiger charge is 2.09. The number of hydrogen-bond acceptors (Lipinski definition) is 1. The van der Waals surface area contributed by atoms with E-state index in [0.29, 0.717) is 6.04 Å². The lowest BCUT2D eigenvalue weighted by molar-refractivity contribution is 0.521. The highest BCUT2D eigenvalue weighted by Crippen LogP contribution is 2.13. The second kappa shape index (κ2) is 7.46. The van der Waals surface area contributed by atoms with Crippen molar-refractivity contribution in [3.05, 3.63) is 70.2 Å². The molecule has 2 aromatic carbocycles. The van der Waals surface area contributed by atoms with Crippen LogP contribution in [0.15, 0.2) is 59.1 Å². The quantitative estimate of drug-likeness (QED) is 0.841. The highest BCUT2D eigenvalue weighted by atomic mass is 79.9. The molecule has 0 aliphatic heterocycles. The van der Waals surface area contributed by atoms with Gasteiger partial charge in [0.1, 0.15) is 0 Å². The van der Waals surface area contributed by atoms with Gasteiger partial charge in [0.2, 0.25) is 0 Å². The van der Waals surface area contributed by atoms with Crippen LogP contribution in [0.1, 0.15) is 18.1 Å². The minimum absolute atomic E-state index is 0.494. The first-order chi connectivity index (χ1) is 9.28. The normalized spacial score (nSPS) is 12.3. The lowest BCUT2D eigenvalue weighted by atomic mass is 9.99. The van der Waals surface area contributed by atoms with E-state index in [9.17, 15) is 0 Å². The number of rotatable bonds is 6. The van der Waals surface area contributed by atoms with Crippen molar-refractivity contribution < 1.29 is 0 Å². The monoisotopic (exact) mass is 317 g/mol. The molecule has 2 rings (SSSR count). The Kier molecular flexibility index (Phi) is 5.62. The lowest BCUT2D eigenvalue weighted by Crippen LogP contribution is -2.33. The third kappa shape index (κ3) is 4.81. The topological polar surface area (TPSA) is 12.0 Å². The first-order valence-electron chi connectivity index (χ1n) is 6.79. The Hall–Kier alpha value is -1.12. The van der Waals surface area contributed by atoms with Gasteiger partial charge in [0.25, 0.3) is 0 Å². The van der Waals surface area contributed by atoms with Gasteiger partial charge in [0.15, 0.2) is 0 Å². The number of benzene rings is 2. The van der Waals surface area contributed by atoms with Crippen molar-refractivity contribution in [2.45, 2.75) is 25.8 Å². The van der Waals surface area contributed by atoms with Crippen LogP contribution in [-0.2, 0) is 12.8 Å². The first-order valence-corrected chi connectivity index (χ1v) is 7.59. The fourth-order valence-electron chi connectivity index (χ4n) is 2.31. The van der Waals surface area contributed by atoms with Crippen LogP contribution in [0.4, 0.5) is 0 Å². The van der Waals surface area contributed by atoms with E-state index in [4.69, 9.17) is 0 Å². The van der Waals surface area contributed by atoms with Gasteiger partial charge in [-0.05, 0) is 42.6 Å². The van der Waals surface area contributed by atoms with Crippen molar-refractivity contribution in [2.24, 2.45) is 0 Å². The molecule has 0 saturated heterocycles. The number of likely N-dealkylation sites (N-methyl/N-ethyl adjacent to an activating group) is 1. The smallest absolute Gasteiger partial charge is 0.0175 e. The summed E-state index contributed by atoms with van der Waals surface area (Å²) in [5.41, 5.74) is 2.77. The van der Waals surface area contributed by atoms with Crippen LogP contribution < -0.4 is 5.32 Å². The molecule has 1 nitrogen and oxygen atoms in total. The molecule has 19 heavy (non-hydrogen) atoms. The molecule has 0 amide bonds. The molecular formula is C17H20BrN. The van der Waals surface area contributed by atoms with Crippen LogP contribution in [0, 0.1) is 0 Å². The maximum atomic E-state index is 3.58. The van der Waals surface area contributed by atoms with Gasteiger partial charge in [0.05, 0.1) is 0 Å². The van der Waals surface area contributed by atoms with Gasteiger partial charge in [-0.1, -0.05) is 65.3 Å². The summed E-state index contributed by atoms with van der Waals surface area (Å²) in [6.07, 6.45) is 2.14. The van der Waals surface area contributed by atoms with Gasteiger partial charge in [-0.3, -0.25) is 0 Å². The van der Waals surface area contributed by atoms with E-state index < -0.39 is 0 Å². The third-order valence-corrected chi connectivity index (χ3v) is 3.74. The molecule has 0 radical (unpaired) electrons. The Bertz CT molecular complexity index is 478. The summed E-state index contributed by atoms with van der Waals surface area (Å²) < 4.78 is 1.14. The number of hydrogen-bond donors (Lipinski definition) is 1. The molecule has 0 fully saturated rings. The van der Waals surface area contributed by atoms with E-state index in [2.05, 4.69) is 82.8 Å². The Morgan fingerprint density at radius 3 is 2.05 bits per heavy atom. The molecule has 0 saturated carbocycles. The summed E-state index contributed by atoms with van der Waals surface area (Å²) in [6, 6.07) is 19.8. The van der Waals surface area contributed by atoms with Gasteiger partial charge in [-0.2, -0.15) is 0 Å². The molecular weight excluding hydrogens is 298 g/mol. The zero-order valence-corrected chi connectivity index (χ0v) is 12.9. The molecule has 2 aromatic rings. The SMILES string of the molecule is CCNC(Cc1ccccc1)Cc1ccc(Br)cc1. The summed E-state index contributed by atoms with van der Waals surface area (Å²) in [5, 5.41) is 3.58. The summed E-state index contributed by atoms with van der Waals surface area (Å²) in [5.74, 6) is 0. The maximum absolute atomic E-state index is 3.58. The Morgan fingerprint density at radius 2 is 1.47 bits per heavy atom. The third-order valence-electron chi connectivity index (χ3n) is 3.21. The van der Waals surface area contributed by atoms with E-state index >= 15 is 0 Å². The first kappa shape index (κ1) is 14.3. The zero-order chi connectivity index (χ0) is 13.5. The van der Waals surface area contributed by atoms with E-state index in [1.54, 1.807) is 0 Å². The summed E-state index contributed by atoms with van der Waals surface area (Å²) in [7, 11) is 0. The Balaban J connectivity index is 2.01. The molecule has 0 aliphatic rings. The maximum Gasteiger partial charge on any atom is 0.0175 e. The van der Waals surface area contributed by atoms with Gasteiger partial charge in [-0.15, -0.1) is 0 Å². The van der Waals surface area contributed by atoms with Crippen LogP contribution in [0.25, 0.3) is 0 Å². The second-order valence-electron chi connectivity index (χ2n) is 4.77. The van der Waals surface area contributed by atoms with Crippen molar-refractivity contribution in [1.29, 1.82) is 0 Å². The molecule has 100 valence electrons. The molecule has 1 unspecified atom stereocenters. The van der Waals surface area contributed by atoms with E-state index in [-0.39, 0.29) is 0 Å². The highest BCUT2D eigenvalue weighted by molar-refractivity contribution is 9.10. The molecule has 0 aliphatic carbocycles. The van der Waals surface area contributed by atoms with E-state index in [1.807, 2.05) is 0 Å². The molecule has 0 spiro atoms. The Labute approximate surface area is 124 Å². The molecule has 1 N–H and O–H groups in total. The number of nitrogens with one attached hydrogen (secondary N) is 1. The minimum Gasteiger partial charge on any atom is -0.314 e. The minimum atomic E-state index is 0.494. The van der Waals surface area contributed by atoms with Gasteiger partial charge in [0, 0.05) is 10.5 Å². The van der Waals surface area contributed by atoms with Crippen molar-refractivity contribution >= 4 is 15.9 Å². The predicted octanol–water partition coefficient (Wildman–Crippen LogP) is 4.21. The van der Waals surface area contributed by atoms with Gasteiger partial charge >= 0.3 is 0 Å². The van der Waals surface area contributed by atoms with Crippen molar-refractivity contribution in [1.82, 2.24) is 5.32 Å². The van der Waals surface area contributed by atoms with Crippen LogP contribution in [0.5, 0.6) is 0 Å². The van der Waals surface area contributed by atoms with Crippen LogP contribution >= 0.6 is 15.9 Å². The fraction of sp³-hybridized carbons (Fsp3) is 0.294. The van der Waals surface area contributed by atoms with Crippen molar-refractivity contribution in [3.63, 3.8) is 0 Å². The molecule has 0 aromatic heterocycles. The molecule has 0 heterocycles. The summed E-state index contributed by atoms with van der Waals surface area (Å²) in [4.78, 5) is 0.